The molecule has 4 heteroatoms. The minimum absolute atomic E-state index is 0.410. The molecule has 0 saturated heterocycles. The van der Waals surface area contributed by atoms with E-state index in [1.165, 1.54) is 11.1 Å². The van der Waals surface area contributed by atoms with E-state index in [-0.39, 0.29) is 0 Å². The summed E-state index contributed by atoms with van der Waals surface area (Å²) in [4.78, 5) is 4.48. The van der Waals surface area contributed by atoms with E-state index in [2.05, 4.69) is 53.6 Å². The third-order valence-electron chi connectivity index (χ3n) is 3.46. The summed E-state index contributed by atoms with van der Waals surface area (Å²) < 4.78 is 5.34. The molecule has 0 bridgehead atoms. The molecule has 1 atom stereocenters. The Morgan fingerprint density at radius 2 is 2.00 bits per heavy atom. The van der Waals surface area contributed by atoms with Crippen LogP contribution in [0.15, 0.2) is 28.8 Å². The molecule has 4 nitrogen and oxygen atoms in total. The average molecular weight is 273 g/mol. The van der Waals surface area contributed by atoms with Gasteiger partial charge in [-0.3, -0.25) is 0 Å². The zero-order chi connectivity index (χ0) is 14.4. The van der Waals surface area contributed by atoms with Gasteiger partial charge in [-0.1, -0.05) is 48.3 Å². The maximum absolute atomic E-state index is 5.34. The molecule has 2 aromatic rings. The Balaban J connectivity index is 1.96. The van der Waals surface area contributed by atoms with Gasteiger partial charge in [0.1, 0.15) is 0 Å². The second kappa shape index (κ2) is 7.20. The predicted octanol–water partition coefficient (Wildman–Crippen LogP) is 2.90. The van der Waals surface area contributed by atoms with Gasteiger partial charge in [0.05, 0.1) is 0 Å². The van der Waals surface area contributed by atoms with E-state index < -0.39 is 0 Å². The number of hydrogen-bond acceptors (Lipinski definition) is 4. The van der Waals surface area contributed by atoms with Crippen LogP contribution in [-0.2, 0) is 12.8 Å². The fourth-order valence-electron chi connectivity index (χ4n) is 2.24. The average Bonchev–Trinajstić information content (AvgIpc) is 2.88. The predicted molar refractivity (Wildman–Crippen MR) is 79.7 cm³/mol. The number of benzene rings is 1. The largest absolute Gasteiger partial charge is 0.339 e. The Morgan fingerprint density at radius 3 is 2.65 bits per heavy atom. The molecule has 0 aliphatic rings. The third kappa shape index (κ3) is 4.17. The van der Waals surface area contributed by atoms with Gasteiger partial charge in [0.25, 0.3) is 0 Å². The standard InChI is InChI=1S/C16H23N3O/c1-4-5-14(17-3)11-16-18-15(19-20-16)10-13-8-6-12(2)7-9-13/h6-9,14,17H,4-5,10-11H2,1-3H3. The highest BCUT2D eigenvalue weighted by Gasteiger charge is 2.12. The second-order valence-corrected chi connectivity index (χ2v) is 5.25. The van der Waals surface area contributed by atoms with Crippen LogP contribution in [0, 0.1) is 6.92 Å². The molecule has 20 heavy (non-hydrogen) atoms. The molecule has 0 aliphatic heterocycles. The number of hydrogen-bond donors (Lipinski definition) is 1. The van der Waals surface area contributed by atoms with Crippen molar-refractivity contribution in [2.75, 3.05) is 7.05 Å². The highest BCUT2D eigenvalue weighted by molar-refractivity contribution is 5.23. The van der Waals surface area contributed by atoms with Crippen molar-refractivity contribution in [3.8, 4) is 0 Å². The summed E-state index contributed by atoms with van der Waals surface area (Å²) >= 11 is 0. The Hall–Kier alpha value is -1.68. The number of rotatable bonds is 7. The highest BCUT2D eigenvalue weighted by Crippen LogP contribution is 2.10. The summed E-state index contributed by atoms with van der Waals surface area (Å²) in [5.74, 6) is 1.48. The second-order valence-electron chi connectivity index (χ2n) is 5.25. The maximum Gasteiger partial charge on any atom is 0.228 e. The van der Waals surface area contributed by atoms with Crippen molar-refractivity contribution in [1.29, 1.82) is 0 Å². The van der Waals surface area contributed by atoms with E-state index in [1.807, 2.05) is 7.05 Å². The molecular formula is C16H23N3O. The van der Waals surface area contributed by atoms with Crippen LogP contribution in [0.2, 0.25) is 0 Å². The molecule has 1 unspecified atom stereocenters. The van der Waals surface area contributed by atoms with Crippen molar-refractivity contribution in [1.82, 2.24) is 15.5 Å². The molecule has 0 aliphatic carbocycles. The summed E-state index contributed by atoms with van der Waals surface area (Å²) in [6.07, 6.45) is 3.79. The Morgan fingerprint density at radius 1 is 1.25 bits per heavy atom. The normalized spacial score (nSPS) is 12.6. The molecule has 0 fully saturated rings. The molecule has 1 aromatic carbocycles. The summed E-state index contributed by atoms with van der Waals surface area (Å²) in [6, 6.07) is 8.84. The van der Waals surface area contributed by atoms with Gasteiger partial charge in [0.2, 0.25) is 5.89 Å². The van der Waals surface area contributed by atoms with Crippen LogP contribution in [0.4, 0.5) is 0 Å². The molecular weight excluding hydrogens is 250 g/mol. The van der Waals surface area contributed by atoms with Gasteiger partial charge in [-0.15, -0.1) is 0 Å². The van der Waals surface area contributed by atoms with E-state index in [0.717, 1.165) is 37.4 Å². The van der Waals surface area contributed by atoms with Crippen molar-refractivity contribution in [3.63, 3.8) is 0 Å². The van der Waals surface area contributed by atoms with E-state index in [1.54, 1.807) is 0 Å². The van der Waals surface area contributed by atoms with Gasteiger partial charge in [-0.25, -0.2) is 0 Å². The van der Waals surface area contributed by atoms with Crippen LogP contribution < -0.4 is 5.32 Å². The fraction of sp³-hybridized carbons (Fsp3) is 0.500. The first-order chi connectivity index (χ1) is 9.71. The van der Waals surface area contributed by atoms with E-state index in [9.17, 15) is 0 Å². The maximum atomic E-state index is 5.34. The Kier molecular flexibility index (Phi) is 5.30. The van der Waals surface area contributed by atoms with Crippen LogP contribution in [0.1, 0.15) is 42.6 Å². The van der Waals surface area contributed by atoms with Crippen molar-refractivity contribution in [2.45, 2.75) is 45.6 Å². The van der Waals surface area contributed by atoms with Gasteiger partial charge in [-0.05, 0) is 26.0 Å². The molecule has 0 amide bonds. The zero-order valence-corrected chi connectivity index (χ0v) is 12.5. The Bertz CT molecular complexity index is 519. The lowest BCUT2D eigenvalue weighted by Crippen LogP contribution is -2.27. The lowest BCUT2D eigenvalue weighted by Gasteiger charge is -2.11. The first-order valence-corrected chi connectivity index (χ1v) is 7.25. The molecule has 0 spiro atoms. The first kappa shape index (κ1) is 14.7. The van der Waals surface area contributed by atoms with Gasteiger partial charge in [-0.2, -0.15) is 4.98 Å². The van der Waals surface area contributed by atoms with Gasteiger partial charge < -0.3 is 9.84 Å². The first-order valence-electron chi connectivity index (χ1n) is 7.25. The highest BCUT2D eigenvalue weighted by atomic mass is 16.5. The number of aromatic nitrogens is 2. The number of nitrogens with one attached hydrogen (secondary N) is 1. The van der Waals surface area contributed by atoms with E-state index in [4.69, 9.17) is 4.52 Å². The van der Waals surface area contributed by atoms with Gasteiger partial charge >= 0.3 is 0 Å². The molecule has 108 valence electrons. The SMILES string of the molecule is CCCC(Cc1nc(Cc2ccc(C)cc2)no1)NC. The smallest absolute Gasteiger partial charge is 0.228 e. The number of nitrogens with zero attached hydrogens (tertiary/aromatic N) is 2. The minimum Gasteiger partial charge on any atom is -0.339 e. The summed E-state index contributed by atoms with van der Waals surface area (Å²) in [5, 5.41) is 7.36. The molecule has 1 N–H and O–H groups in total. The van der Waals surface area contributed by atoms with Crippen LogP contribution in [0.5, 0.6) is 0 Å². The van der Waals surface area contributed by atoms with Crippen molar-refractivity contribution in [3.05, 3.63) is 47.1 Å². The quantitative estimate of drug-likeness (QED) is 0.842. The summed E-state index contributed by atoms with van der Waals surface area (Å²) in [5.41, 5.74) is 2.47. The van der Waals surface area contributed by atoms with E-state index >= 15 is 0 Å². The lowest BCUT2D eigenvalue weighted by atomic mass is 10.1. The zero-order valence-electron chi connectivity index (χ0n) is 12.5. The fourth-order valence-corrected chi connectivity index (χ4v) is 2.24. The Labute approximate surface area is 120 Å². The monoisotopic (exact) mass is 273 g/mol. The third-order valence-corrected chi connectivity index (χ3v) is 3.46. The molecule has 0 saturated carbocycles. The van der Waals surface area contributed by atoms with Crippen molar-refractivity contribution < 1.29 is 4.52 Å². The van der Waals surface area contributed by atoms with Crippen LogP contribution in [0.25, 0.3) is 0 Å². The summed E-state index contributed by atoms with van der Waals surface area (Å²) in [7, 11) is 1.98. The van der Waals surface area contributed by atoms with E-state index in [0.29, 0.717) is 6.04 Å². The molecule has 2 rings (SSSR count). The summed E-state index contributed by atoms with van der Waals surface area (Å²) in [6.45, 7) is 4.27. The number of likely N-dealkylation sites (N-methyl/N-ethyl adjacent to an activating group) is 1. The molecule has 0 radical (unpaired) electrons. The topological polar surface area (TPSA) is 51.0 Å². The van der Waals surface area contributed by atoms with Gasteiger partial charge in [0.15, 0.2) is 5.82 Å². The number of aryl methyl sites for hydroxylation is 1. The van der Waals surface area contributed by atoms with Crippen molar-refractivity contribution in [2.24, 2.45) is 0 Å². The molecule has 1 heterocycles. The van der Waals surface area contributed by atoms with Crippen LogP contribution in [-0.4, -0.2) is 23.2 Å². The lowest BCUT2D eigenvalue weighted by molar-refractivity contribution is 0.352. The van der Waals surface area contributed by atoms with Crippen molar-refractivity contribution >= 4 is 0 Å². The van der Waals surface area contributed by atoms with Crippen LogP contribution >= 0.6 is 0 Å². The molecule has 1 aromatic heterocycles. The van der Waals surface area contributed by atoms with Crippen LogP contribution in [0.3, 0.4) is 0 Å². The van der Waals surface area contributed by atoms with Gasteiger partial charge in [0, 0.05) is 18.9 Å². The minimum atomic E-state index is 0.410.